The van der Waals surface area contributed by atoms with Crippen molar-refractivity contribution in [2.45, 2.75) is 51.9 Å². The van der Waals surface area contributed by atoms with Gasteiger partial charge in [-0.05, 0) is 35.1 Å². The van der Waals surface area contributed by atoms with Crippen molar-refractivity contribution < 1.29 is 0 Å². The van der Waals surface area contributed by atoms with Crippen molar-refractivity contribution in [2.24, 2.45) is 5.10 Å². The molecule has 0 amide bonds. The molecule has 0 fully saturated rings. The van der Waals surface area contributed by atoms with Gasteiger partial charge in [-0.1, -0.05) is 118 Å². The van der Waals surface area contributed by atoms with E-state index in [0.717, 1.165) is 16.8 Å². The number of unbranched alkanes of at least 4 members (excludes halogenated alkanes) is 5. The van der Waals surface area contributed by atoms with Crippen LogP contribution in [0.1, 0.15) is 56.6 Å². The van der Waals surface area contributed by atoms with E-state index in [1.54, 1.807) is 10.9 Å². The van der Waals surface area contributed by atoms with Gasteiger partial charge in [0.25, 0.3) is 0 Å². The van der Waals surface area contributed by atoms with E-state index in [-0.39, 0.29) is 0 Å². The zero-order valence-corrected chi connectivity index (χ0v) is 20.0. The van der Waals surface area contributed by atoms with Crippen molar-refractivity contribution in [2.75, 3.05) is 5.73 Å². The summed E-state index contributed by atoms with van der Waals surface area (Å²) in [5.41, 5.74) is 12.8. The second kappa shape index (κ2) is 12.0. The molecule has 0 unspecified atom stereocenters. The molecule has 0 atom stereocenters. The Labute approximate surface area is 203 Å². The topological polar surface area (TPSA) is 56.2 Å². The van der Waals surface area contributed by atoms with E-state index in [0.29, 0.717) is 5.95 Å². The van der Waals surface area contributed by atoms with Crippen molar-refractivity contribution in [3.05, 3.63) is 96.2 Å². The number of rotatable bonds is 11. The molecule has 3 aromatic carbocycles. The van der Waals surface area contributed by atoms with Crippen molar-refractivity contribution in [3.8, 4) is 22.4 Å². The average Bonchev–Trinajstić information content (AvgIpc) is 3.26. The molecule has 174 valence electrons. The lowest BCUT2D eigenvalue weighted by Crippen LogP contribution is -1.96. The maximum absolute atomic E-state index is 6.08. The van der Waals surface area contributed by atoms with Crippen LogP contribution in [0.3, 0.4) is 0 Å². The molecule has 0 radical (unpaired) electrons. The standard InChI is InChI=1S/C30H34N4/c1-2-3-4-5-6-8-11-24-14-16-26(17-15-24)27-18-20-28(21-19-27)29-23-34(30(31)33-29)32-22-25-12-9-7-10-13-25/h7,9-10,12-23H,2-6,8,11H2,1H3,(H2,31,33)/b32-22+. The van der Waals surface area contributed by atoms with Gasteiger partial charge in [-0.2, -0.15) is 5.10 Å². The first-order valence-electron chi connectivity index (χ1n) is 12.4. The predicted molar refractivity (Wildman–Crippen MR) is 144 cm³/mol. The number of imidazole rings is 1. The van der Waals surface area contributed by atoms with Crippen molar-refractivity contribution in [1.29, 1.82) is 0 Å². The molecule has 4 aromatic rings. The number of hydrogen-bond donors (Lipinski definition) is 1. The molecule has 1 aromatic heterocycles. The summed E-state index contributed by atoms with van der Waals surface area (Å²) >= 11 is 0. The van der Waals surface area contributed by atoms with E-state index >= 15 is 0 Å². The van der Waals surface area contributed by atoms with Crippen LogP contribution in [0.25, 0.3) is 22.4 Å². The summed E-state index contributed by atoms with van der Waals surface area (Å²) in [6, 6.07) is 27.4. The van der Waals surface area contributed by atoms with Gasteiger partial charge in [0, 0.05) is 5.56 Å². The largest absolute Gasteiger partial charge is 0.368 e. The Morgan fingerprint density at radius 3 is 2.09 bits per heavy atom. The van der Waals surface area contributed by atoms with E-state index in [9.17, 15) is 0 Å². The number of nitrogens with two attached hydrogens (primary N) is 1. The smallest absolute Gasteiger partial charge is 0.221 e. The highest BCUT2D eigenvalue weighted by Crippen LogP contribution is 2.25. The zero-order chi connectivity index (χ0) is 23.6. The SMILES string of the molecule is CCCCCCCCc1ccc(-c2ccc(-c3cn(/N=C/c4ccccc4)c(N)n3)cc2)cc1. The Morgan fingerprint density at radius 2 is 1.38 bits per heavy atom. The monoisotopic (exact) mass is 450 g/mol. The normalized spacial score (nSPS) is 11.3. The molecule has 0 saturated heterocycles. The zero-order valence-electron chi connectivity index (χ0n) is 20.0. The van der Waals surface area contributed by atoms with Crippen LogP contribution in [0, 0.1) is 0 Å². The molecular weight excluding hydrogens is 416 g/mol. The lowest BCUT2D eigenvalue weighted by Gasteiger charge is -2.06. The minimum atomic E-state index is 0.368. The minimum absolute atomic E-state index is 0.368. The van der Waals surface area contributed by atoms with Crippen LogP contribution >= 0.6 is 0 Å². The Bertz CT molecular complexity index is 1170. The van der Waals surface area contributed by atoms with E-state index in [1.165, 1.54) is 61.6 Å². The molecule has 0 saturated carbocycles. The molecule has 4 nitrogen and oxygen atoms in total. The first-order valence-corrected chi connectivity index (χ1v) is 12.4. The van der Waals surface area contributed by atoms with Crippen LogP contribution in [-0.2, 0) is 6.42 Å². The fraction of sp³-hybridized carbons (Fsp3) is 0.267. The molecule has 0 aliphatic carbocycles. The molecule has 4 heteroatoms. The predicted octanol–water partition coefficient (Wildman–Crippen LogP) is 7.58. The first-order chi connectivity index (χ1) is 16.7. The Kier molecular flexibility index (Phi) is 8.28. The number of hydrogen-bond acceptors (Lipinski definition) is 3. The van der Waals surface area contributed by atoms with Crippen LogP contribution in [0.4, 0.5) is 5.95 Å². The summed E-state index contributed by atoms with van der Waals surface area (Å²) in [5, 5.41) is 4.44. The third-order valence-electron chi connectivity index (χ3n) is 6.13. The molecule has 0 spiro atoms. The number of aryl methyl sites for hydroxylation is 1. The summed E-state index contributed by atoms with van der Waals surface area (Å²) in [5.74, 6) is 0.368. The van der Waals surface area contributed by atoms with E-state index in [1.807, 2.05) is 36.5 Å². The van der Waals surface area contributed by atoms with Gasteiger partial charge in [0.15, 0.2) is 0 Å². The highest BCUT2D eigenvalue weighted by Gasteiger charge is 2.07. The van der Waals surface area contributed by atoms with Gasteiger partial charge in [-0.3, -0.25) is 0 Å². The maximum Gasteiger partial charge on any atom is 0.221 e. The Balaban J connectivity index is 1.36. The number of aromatic nitrogens is 2. The lowest BCUT2D eigenvalue weighted by molar-refractivity contribution is 0.607. The van der Waals surface area contributed by atoms with Gasteiger partial charge in [-0.15, -0.1) is 0 Å². The first kappa shape index (κ1) is 23.5. The van der Waals surface area contributed by atoms with Crippen molar-refractivity contribution in [3.63, 3.8) is 0 Å². The number of anilines is 1. The van der Waals surface area contributed by atoms with Gasteiger partial charge >= 0.3 is 0 Å². The van der Waals surface area contributed by atoms with Gasteiger partial charge in [0.2, 0.25) is 5.95 Å². The average molecular weight is 451 g/mol. The molecule has 1 heterocycles. The summed E-state index contributed by atoms with van der Waals surface area (Å²) < 4.78 is 1.61. The van der Waals surface area contributed by atoms with E-state index in [2.05, 4.69) is 65.5 Å². The van der Waals surface area contributed by atoms with Gasteiger partial charge in [0.05, 0.1) is 18.1 Å². The maximum atomic E-state index is 6.08. The lowest BCUT2D eigenvalue weighted by atomic mass is 9.99. The summed E-state index contributed by atoms with van der Waals surface area (Å²) in [7, 11) is 0. The summed E-state index contributed by atoms with van der Waals surface area (Å²) in [6.45, 7) is 2.27. The second-order valence-corrected chi connectivity index (χ2v) is 8.78. The van der Waals surface area contributed by atoms with Gasteiger partial charge in [0.1, 0.15) is 0 Å². The molecule has 0 aliphatic heterocycles. The molecule has 0 aliphatic rings. The Hall–Kier alpha value is -3.66. The van der Waals surface area contributed by atoms with Crippen molar-refractivity contribution >= 4 is 12.2 Å². The van der Waals surface area contributed by atoms with E-state index in [4.69, 9.17) is 5.73 Å². The molecular formula is C30H34N4. The molecule has 2 N–H and O–H groups in total. The number of nitrogen functional groups attached to an aromatic ring is 1. The fourth-order valence-electron chi connectivity index (χ4n) is 4.09. The third-order valence-corrected chi connectivity index (χ3v) is 6.13. The Morgan fingerprint density at radius 1 is 0.765 bits per heavy atom. The number of nitrogens with zero attached hydrogens (tertiary/aromatic N) is 3. The summed E-state index contributed by atoms with van der Waals surface area (Å²) in [6.07, 6.45) is 12.8. The second-order valence-electron chi connectivity index (χ2n) is 8.78. The molecule has 0 bridgehead atoms. The van der Waals surface area contributed by atoms with Gasteiger partial charge in [-0.25, -0.2) is 9.66 Å². The van der Waals surface area contributed by atoms with Gasteiger partial charge < -0.3 is 5.73 Å². The third kappa shape index (κ3) is 6.44. The van der Waals surface area contributed by atoms with Crippen LogP contribution < -0.4 is 5.73 Å². The van der Waals surface area contributed by atoms with E-state index < -0.39 is 0 Å². The highest BCUT2D eigenvalue weighted by molar-refractivity contribution is 5.79. The van der Waals surface area contributed by atoms with Crippen molar-refractivity contribution in [1.82, 2.24) is 9.66 Å². The number of benzene rings is 3. The minimum Gasteiger partial charge on any atom is -0.368 e. The summed E-state index contributed by atoms with van der Waals surface area (Å²) in [4.78, 5) is 4.49. The highest BCUT2D eigenvalue weighted by atomic mass is 15.4. The van der Waals surface area contributed by atoms with Crippen LogP contribution in [0.5, 0.6) is 0 Å². The van der Waals surface area contributed by atoms with Crippen LogP contribution in [0.15, 0.2) is 90.2 Å². The molecule has 34 heavy (non-hydrogen) atoms. The quantitative estimate of drug-likeness (QED) is 0.189. The van der Waals surface area contributed by atoms with Crippen LogP contribution in [-0.4, -0.2) is 15.9 Å². The fourth-order valence-corrected chi connectivity index (χ4v) is 4.09. The van der Waals surface area contributed by atoms with Crippen LogP contribution in [0.2, 0.25) is 0 Å². The molecule has 4 rings (SSSR count).